The second kappa shape index (κ2) is 5.64. The van der Waals surface area contributed by atoms with Crippen LogP contribution >= 0.6 is 0 Å². The highest BCUT2D eigenvalue weighted by Crippen LogP contribution is 2.28. The quantitative estimate of drug-likeness (QED) is 0.897. The van der Waals surface area contributed by atoms with E-state index in [2.05, 4.69) is 48.3 Å². The fourth-order valence-corrected chi connectivity index (χ4v) is 3.59. The number of hydrogen-bond donors (Lipinski definition) is 1. The highest BCUT2D eigenvalue weighted by Gasteiger charge is 2.28. The summed E-state index contributed by atoms with van der Waals surface area (Å²) in [5.74, 6) is 1.73. The van der Waals surface area contributed by atoms with Crippen LogP contribution in [-0.4, -0.2) is 31.1 Å². The van der Waals surface area contributed by atoms with Crippen molar-refractivity contribution in [1.29, 1.82) is 0 Å². The third-order valence-electron chi connectivity index (χ3n) is 4.91. The average Bonchev–Trinajstić information content (AvgIpc) is 2.88. The molecule has 1 aromatic carbocycles. The Bertz CT molecular complexity index is 427. The van der Waals surface area contributed by atoms with Crippen LogP contribution in [0.1, 0.15) is 37.4 Å². The highest BCUT2D eigenvalue weighted by molar-refractivity contribution is 5.32. The summed E-state index contributed by atoms with van der Waals surface area (Å²) in [6.07, 6.45) is 2.56. The Balaban J connectivity index is 1.66. The number of fused-ring (bicyclic) bond motifs is 1. The summed E-state index contributed by atoms with van der Waals surface area (Å²) in [7, 11) is 0. The molecule has 2 aliphatic rings. The fourth-order valence-electron chi connectivity index (χ4n) is 3.59. The first-order valence-electron chi connectivity index (χ1n) is 7.77. The van der Waals surface area contributed by atoms with Gasteiger partial charge in [-0.05, 0) is 48.9 Å². The minimum atomic E-state index is 0.538. The van der Waals surface area contributed by atoms with Crippen LogP contribution in [0.5, 0.6) is 0 Å². The van der Waals surface area contributed by atoms with Gasteiger partial charge in [0.25, 0.3) is 0 Å². The van der Waals surface area contributed by atoms with Crippen LogP contribution in [0, 0.1) is 11.8 Å². The van der Waals surface area contributed by atoms with Crippen molar-refractivity contribution < 1.29 is 0 Å². The lowest BCUT2D eigenvalue weighted by Crippen LogP contribution is -2.38. The third kappa shape index (κ3) is 2.85. The van der Waals surface area contributed by atoms with Crippen molar-refractivity contribution in [1.82, 2.24) is 10.2 Å². The van der Waals surface area contributed by atoms with Crippen molar-refractivity contribution in [2.45, 2.75) is 32.7 Å². The van der Waals surface area contributed by atoms with Crippen LogP contribution < -0.4 is 5.32 Å². The van der Waals surface area contributed by atoms with Crippen molar-refractivity contribution in [2.24, 2.45) is 11.8 Å². The standard InChI is InChI=1S/C17H26N2/c1-13(2)15-8-10-19(11-15)12-17-16-6-4-3-5-14(16)7-9-18-17/h3-6,13,15,17-18H,7-12H2,1-2H3. The molecule has 0 aromatic heterocycles. The SMILES string of the molecule is CC(C)C1CCN(CC2NCCc3ccccc32)C1. The molecular formula is C17H26N2. The van der Waals surface area contributed by atoms with Gasteiger partial charge in [-0.2, -0.15) is 0 Å². The van der Waals surface area contributed by atoms with Gasteiger partial charge in [-0.3, -0.25) is 0 Å². The van der Waals surface area contributed by atoms with E-state index in [0.29, 0.717) is 6.04 Å². The van der Waals surface area contributed by atoms with Gasteiger partial charge in [-0.15, -0.1) is 0 Å². The van der Waals surface area contributed by atoms with Gasteiger partial charge in [0.05, 0.1) is 0 Å². The molecule has 1 saturated heterocycles. The number of benzene rings is 1. The van der Waals surface area contributed by atoms with E-state index >= 15 is 0 Å². The van der Waals surface area contributed by atoms with Gasteiger partial charge >= 0.3 is 0 Å². The molecule has 0 amide bonds. The van der Waals surface area contributed by atoms with Crippen molar-refractivity contribution in [2.75, 3.05) is 26.2 Å². The van der Waals surface area contributed by atoms with Crippen molar-refractivity contribution >= 4 is 0 Å². The fraction of sp³-hybridized carbons (Fsp3) is 0.647. The summed E-state index contributed by atoms with van der Waals surface area (Å²) >= 11 is 0. The maximum Gasteiger partial charge on any atom is 0.0452 e. The molecule has 104 valence electrons. The lowest BCUT2D eigenvalue weighted by Gasteiger charge is -2.30. The molecule has 2 aliphatic heterocycles. The highest BCUT2D eigenvalue weighted by atomic mass is 15.2. The molecule has 2 heterocycles. The molecule has 19 heavy (non-hydrogen) atoms. The summed E-state index contributed by atoms with van der Waals surface area (Å²) in [4.78, 5) is 2.66. The minimum Gasteiger partial charge on any atom is -0.309 e. The Kier molecular flexibility index (Phi) is 3.90. The third-order valence-corrected chi connectivity index (χ3v) is 4.91. The first kappa shape index (κ1) is 13.1. The van der Waals surface area contributed by atoms with Crippen molar-refractivity contribution in [3.05, 3.63) is 35.4 Å². The molecule has 0 radical (unpaired) electrons. The zero-order valence-corrected chi connectivity index (χ0v) is 12.2. The molecule has 0 spiro atoms. The molecule has 3 rings (SSSR count). The molecule has 0 bridgehead atoms. The Morgan fingerprint density at radius 1 is 1.32 bits per heavy atom. The van der Waals surface area contributed by atoms with Crippen LogP contribution in [0.25, 0.3) is 0 Å². The van der Waals surface area contributed by atoms with E-state index in [9.17, 15) is 0 Å². The second-order valence-electron chi connectivity index (χ2n) is 6.51. The summed E-state index contributed by atoms with van der Waals surface area (Å²) in [5.41, 5.74) is 3.08. The normalized spacial score (nSPS) is 27.7. The van der Waals surface area contributed by atoms with Crippen LogP contribution in [-0.2, 0) is 6.42 Å². The first-order valence-corrected chi connectivity index (χ1v) is 7.77. The van der Waals surface area contributed by atoms with Gasteiger partial charge in [-0.25, -0.2) is 0 Å². The number of likely N-dealkylation sites (tertiary alicyclic amines) is 1. The lowest BCUT2D eigenvalue weighted by atomic mass is 9.94. The summed E-state index contributed by atoms with van der Waals surface area (Å²) < 4.78 is 0. The van der Waals surface area contributed by atoms with Crippen molar-refractivity contribution in [3.8, 4) is 0 Å². The van der Waals surface area contributed by atoms with Crippen LogP contribution in [0.3, 0.4) is 0 Å². The molecule has 1 aromatic rings. The average molecular weight is 258 g/mol. The Morgan fingerprint density at radius 2 is 2.16 bits per heavy atom. The van der Waals surface area contributed by atoms with Gasteiger partial charge in [0.1, 0.15) is 0 Å². The molecule has 2 atom stereocenters. The van der Waals surface area contributed by atoms with E-state index in [4.69, 9.17) is 0 Å². The van der Waals surface area contributed by atoms with Gasteiger partial charge in [-0.1, -0.05) is 38.1 Å². The van der Waals surface area contributed by atoms with Gasteiger partial charge < -0.3 is 10.2 Å². The lowest BCUT2D eigenvalue weighted by molar-refractivity contribution is 0.266. The molecule has 2 unspecified atom stereocenters. The molecule has 2 heteroatoms. The molecular weight excluding hydrogens is 232 g/mol. The van der Waals surface area contributed by atoms with E-state index in [-0.39, 0.29) is 0 Å². The maximum atomic E-state index is 3.70. The maximum absolute atomic E-state index is 3.70. The van der Waals surface area contributed by atoms with E-state index in [1.54, 1.807) is 5.56 Å². The number of hydrogen-bond acceptors (Lipinski definition) is 2. The Hall–Kier alpha value is -0.860. The Morgan fingerprint density at radius 3 is 2.95 bits per heavy atom. The molecule has 0 saturated carbocycles. The van der Waals surface area contributed by atoms with Crippen molar-refractivity contribution in [3.63, 3.8) is 0 Å². The number of rotatable bonds is 3. The monoisotopic (exact) mass is 258 g/mol. The molecule has 0 aliphatic carbocycles. The topological polar surface area (TPSA) is 15.3 Å². The number of nitrogens with zero attached hydrogens (tertiary/aromatic N) is 1. The summed E-state index contributed by atoms with van der Waals surface area (Å²) in [6, 6.07) is 9.49. The Labute approximate surface area is 117 Å². The first-order chi connectivity index (χ1) is 9.24. The largest absolute Gasteiger partial charge is 0.309 e. The van der Waals surface area contributed by atoms with Gasteiger partial charge in [0.15, 0.2) is 0 Å². The zero-order valence-electron chi connectivity index (χ0n) is 12.2. The number of nitrogens with one attached hydrogen (secondary N) is 1. The van der Waals surface area contributed by atoms with Crippen LogP contribution in [0.4, 0.5) is 0 Å². The minimum absolute atomic E-state index is 0.538. The summed E-state index contributed by atoms with van der Waals surface area (Å²) in [5, 5.41) is 3.70. The van der Waals surface area contributed by atoms with E-state index < -0.39 is 0 Å². The van der Waals surface area contributed by atoms with Crippen LogP contribution in [0.15, 0.2) is 24.3 Å². The molecule has 1 fully saturated rings. The van der Waals surface area contributed by atoms with E-state index in [1.165, 1.54) is 38.0 Å². The van der Waals surface area contributed by atoms with Gasteiger partial charge in [0.2, 0.25) is 0 Å². The molecule has 1 N–H and O–H groups in total. The van der Waals surface area contributed by atoms with E-state index in [1.807, 2.05) is 0 Å². The molecule has 2 nitrogen and oxygen atoms in total. The predicted molar refractivity (Wildman–Crippen MR) is 80.3 cm³/mol. The zero-order chi connectivity index (χ0) is 13.2. The van der Waals surface area contributed by atoms with E-state index in [0.717, 1.165) is 18.4 Å². The second-order valence-corrected chi connectivity index (χ2v) is 6.51. The smallest absolute Gasteiger partial charge is 0.0452 e. The predicted octanol–water partition coefficient (Wildman–Crippen LogP) is 2.85. The van der Waals surface area contributed by atoms with Gasteiger partial charge in [0, 0.05) is 19.1 Å². The summed E-state index contributed by atoms with van der Waals surface area (Å²) in [6.45, 7) is 9.61. The van der Waals surface area contributed by atoms with Crippen LogP contribution in [0.2, 0.25) is 0 Å².